The smallest absolute Gasteiger partial charge is 0.0669 e. The summed E-state index contributed by atoms with van der Waals surface area (Å²) >= 11 is 6.16. The zero-order chi connectivity index (χ0) is 11.0. The summed E-state index contributed by atoms with van der Waals surface area (Å²) in [6.45, 7) is 2.02. The van der Waals surface area contributed by atoms with E-state index in [0.717, 1.165) is 17.0 Å². The van der Waals surface area contributed by atoms with Crippen LogP contribution in [0.25, 0.3) is 10.9 Å². The Bertz CT molecular complexity index is 486. The Kier molecular flexibility index (Phi) is 2.72. The molecule has 0 aliphatic heterocycles. The lowest BCUT2D eigenvalue weighted by molar-refractivity contribution is 0.738. The average Bonchev–Trinajstić information content (AvgIpc) is 2.44. The minimum Gasteiger partial charge on any atom is -0.349 e. The first-order valence-corrected chi connectivity index (χ1v) is 5.45. The molecule has 0 aliphatic carbocycles. The van der Waals surface area contributed by atoms with E-state index in [2.05, 4.69) is 16.8 Å². The van der Waals surface area contributed by atoms with E-state index in [1.165, 1.54) is 10.9 Å². The van der Waals surface area contributed by atoms with Crippen LogP contribution in [0.3, 0.4) is 0 Å². The van der Waals surface area contributed by atoms with Crippen molar-refractivity contribution in [3.05, 3.63) is 35.0 Å². The number of fused-ring (bicyclic) bond motifs is 1. The molecular weight excluding hydrogens is 208 g/mol. The van der Waals surface area contributed by atoms with Crippen molar-refractivity contribution >= 4 is 22.5 Å². The Balaban J connectivity index is 2.63. The molecule has 3 heteroatoms. The van der Waals surface area contributed by atoms with Crippen LogP contribution >= 0.6 is 11.6 Å². The van der Waals surface area contributed by atoms with Crippen LogP contribution in [0, 0.1) is 0 Å². The molecule has 0 radical (unpaired) electrons. The summed E-state index contributed by atoms with van der Waals surface area (Å²) in [6, 6.07) is 6.17. The molecule has 0 saturated carbocycles. The Morgan fingerprint density at radius 3 is 2.87 bits per heavy atom. The third kappa shape index (κ3) is 1.87. The first-order valence-electron chi connectivity index (χ1n) is 5.07. The summed E-state index contributed by atoms with van der Waals surface area (Å²) < 4.78 is 2.06. The minimum absolute atomic E-state index is 0.176. The van der Waals surface area contributed by atoms with Gasteiger partial charge >= 0.3 is 0 Å². The van der Waals surface area contributed by atoms with Gasteiger partial charge in [-0.05, 0) is 25.0 Å². The van der Waals surface area contributed by atoms with E-state index < -0.39 is 0 Å². The first-order chi connectivity index (χ1) is 7.09. The molecule has 15 heavy (non-hydrogen) atoms. The van der Waals surface area contributed by atoms with E-state index in [0.29, 0.717) is 0 Å². The number of aryl methyl sites for hydroxylation is 1. The van der Waals surface area contributed by atoms with Crippen molar-refractivity contribution in [3.63, 3.8) is 0 Å². The highest BCUT2D eigenvalue weighted by molar-refractivity contribution is 6.35. The topological polar surface area (TPSA) is 30.9 Å². The van der Waals surface area contributed by atoms with Crippen LogP contribution in [0.4, 0.5) is 0 Å². The van der Waals surface area contributed by atoms with Crippen LogP contribution in [0.15, 0.2) is 24.4 Å². The Morgan fingerprint density at radius 1 is 1.47 bits per heavy atom. The predicted octanol–water partition coefficient (Wildman–Crippen LogP) is 2.72. The molecule has 1 atom stereocenters. The van der Waals surface area contributed by atoms with Crippen LogP contribution in [0.2, 0.25) is 5.02 Å². The van der Waals surface area contributed by atoms with Gasteiger partial charge < -0.3 is 10.3 Å². The van der Waals surface area contributed by atoms with Gasteiger partial charge in [0.1, 0.15) is 0 Å². The van der Waals surface area contributed by atoms with Crippen molar-refractivity contribution in [2.75, 3.05) is 0 Å². The van der Waals surface area contributed by atoms with Crippen LogP contribution < -0.4 is 5.73 Å². The van der Waals surface area contributed by atoms with Crippen molar-refractivity contribution in [3.8, 4) is 0 Å². The molecule has 2 rings (SSSR count). The quantitative estimate of drug-likeness (QED) is 0.833. The lowest BCUT2D eigenvalue weighted by Crippen LogP contribution is -2.17. The van der Waals surface area contributed by atoms with Gasteiger partial charge in [-0.2, -0.15) is 0 Å². The van der Waals surface area contributed by atoms with Crippen molar-refractivity contribution in [1.29, 1.82) is 0 Å². The van der Waals surface area contributed by atoms with Gasteiger partial charge in [-0.3, -0.25) is 0 Å². The molecule has 1 unspecified atom stereocenters. The second kappa shape index (κ2) is 3.87. The molecule has 0 fully saturated rings. The molecule has 2 N–H and O–H groups in total. The lowest BCUT2D eigenvalue weighted by atomic mass is 10.1. The zero-order valence-electron chi connectivity index (χ0n) is 9.00. The summed E-state index contributed by atoms with van der Waals surface area (Å²) in [5, 5.41) is 2.01. The van der Waals surface area contributed by atoms with Crippen molar-refractivity contribution in [1.82, 2.24) is 4.57 Å². The predicted molar refractivity (Wildman–Crippen MR) is 65.3 cm³/mol. The number of nitrogens with zero attached hydrogens (tertiary/aromatic N) is 1. The molecule has 0 amide bonds. The molecule has 1 heterocycles. The van der Waals surface area contributed by atoms with Gasteiger partial charge in [-0.25, -0.2) is 0 Å². The SMILES string of the molecule is CC(N)Cc1cn(C)c2c(Cl)cccc12. The molecule has 0 spiro atoms. The first kappa shape index (κ1) is 10.5. The third-order valence-corrected chi connectivity index (χ3v) is 2.88. The van der Waals surface area contributed by atoms with E-state index in [1.807, 2.05) is 26.1 Å². The normalized spacial score (nSPS) is 13.3. The maximum atomic E-state index is 6.16. The second-order valence-corrected chi connectivity index (χ2v) is 4.49. The number of halogens is 1. The van der Waals surface area contributed by atoms with Crippen molar-refractivity contribution < 1.29 is 0 Å². The summed E-state index contributed by atoms with van der Waals surface area (Å²) in [6.07, 6.45) is 3.00. The van der Waals surface area contributed by atoms with Gasteiger partial charge in [0.15, 0.2) is 0 Å². The van der Waals surface area contributed by atoms with Gasteiger partial charge in [-0.15, -0.1) is 0 Å². The van der Waals surface area contributed by atoms with E-state index in [9.17, 15) is 0 Å². The molecule has 1 aromatic heterocycles. The average molecular weight is 223 g/mol. The molecule has 2 nitrogen and oxygen atoms in total. The van der Waals surface area contributed by atoms with Gasteiger partial charge in [-0.1, -0.05) is 23.7 Å². The highest BCUT2D eigenvalue weighted by atomic mass is 35.5. The molecule has 2 aromatic rings. The van der Waals surface area contributed by atoms with Crippen molar-refractivity contribution in [2.45, 2.75) is 19.4 Å². The van der Waals surface area contributed by atoms with E-state index in [1.54, 1.807) is 0 Å². The molecule has 0 saturated heterocycles. The monoisotopic (exact) mass is 222 g/mol. The summed E-state index contributed by atoms with van der Waals surface area (Å²) in [4.78, 5) is 0. The Morgan fingerprint density at radius 2 is 2.20 bits per heavy atom. The second-order valence-electron chi connectivity index (χ2n) is 4.08. The number of rotatable bonds is 2. The maximum Gasteiger partial charge on any atom is 0.0669 e. The highest BCUT2D eigenvalue weighted by Crippen LogP contribution is 2.27. The number of aromatic nitrogens is 1. The standard InChI is InChI=1S/C12H15ClN2/c1-8(14)6-9-7-15(2)12-10(9)4-3-5-11(12)13/h3-5,7-8H,6,14H2,1-2H3. The molecule has 0 bridgehead atoms. The maximum absolute atomic E-state index is 6.16. The highest BCUT2D eigenvalue weighted by Gasteiger charge is 2.10. The number of nitrogens with two attached hydrogens (primary N) is 1. The fourth-order valence-corrected chi connectivity index (χ4v) is 2.32. The van der Waals surface area contributed by atoms with Crippen LogP contribution in [0.1, 0.15) is 12.5 Å². The molecule has 0 aliphatic rings. The molecule has 80 valence electrons. The van der Waals surface area contributed by atoms with E-state index >= 15 is 0 Å². The molecule has 1 aromatic carbocycles. The summed E-state index contributed by atoms with van der Waals surface area (Å²) in [5.41, 5.74) is 8.18. The van der Waals surface area contributed by atoms with Crippen LogP contribution in [-0.4, -0.2) is 10.6 Å². The van der Waals surface area contributed by atoms with E-state index in [-0.39, 0.29) is 6.04 Å². The van der Waals surface area contributed by atoms with Crippen molar-refractivity contribution in [2.24, 2.45) is 12.8 Å². The number of benzene rings is 1. The van der Waals surface area contributed by atoms with Crippen LogP contribution in [-0.2, 0) is 13.5 Å². The van der Waals surface area contributed by atoms with Gasteiger partial charge in [0.05, 0.1) is 10.5 Å². The number of hydrogen-bond acceptors (Lipinski definition) is 1. The number of hydrogen-bond donors (Lipinski definition) is 1. The van der Waals surface area contributed by atoms with E-state index in [4.69, 9.17) is 17.3 Å². The lowest BCUT2D eigenvalue weighted by Gasteiger charge is -2.02. The fraction of sp³-hybridized carbons (Fsp3) is 0.333. The summed E-state index contributed by atoms with van der Waals surface area (Å²) in [5.74, 6) is 0. The largest absolute Gasteiger partial charge is 0.349 e. The Labute approximate surface area is 94.6 Å². The minimum atomic E-state index is 0.176. The van der Waals surface area contributed by atoms with Gasteiger partial charge in [0.25, 0.3) is 0 Å². The number of para-hydroxylation sites is 1. The molecular formula is C12H15ClN2. The fourth-order valence-electron chi connectivity index (χ4n) is 2.01. The third-order valence-electron chi connectivity index (χ3n) is 2.58. The Hall–Kier alpha value is -0.990. The van der Waals surface area contributed by atoms with Gasteiger partial charge in [0, 0.05) is 24.7 Å². The summed E-state index contributed by atoms with van der Waals surface area (Å²) in [7, 11) is 2.01. The van der Waals surface area contributed by atoms with Crippen LogP contribution in [0.5, 0.6) is 0 Å². The zero-order valence-corrected chi connectivity index (χ0v) is 9.75. The van der Waals surface area contributed by atoms with Gasteiger partial charge in [0.2, 0.25) is 0 Å².